The fourth-order valence-corrected chi connectivity index (χ4v) is 2.87. The van der Waals surface area contributed by atoms with E-state index in [0.29, 0.717) is 32.2 Å². The first-order chi connectivity index (χ1) is 9.65. The molecule has 1 heterocycles. The number of nitrogens with zero attached hydrogens (tertiary/aromatic N) is 2. The Morgan fingerprint density at radius 3 is 2.55 bits per heavy atom. The van der Waals surface area contributed by atoms with Crippen molar-refractivity contribution in [1.29, 1.82) is 0 Å². The zero-order chi connectivity index (χ0) is 15.0. The molecule has 114 valence electrons. The summed E-state index contributed by atoms with van der Waals surface area (Å²) in [7, 11) is 0. The number of rotatable bonds is 8. The molecule has 0 aromatic heterocycles. The molecule has 1 fully saturated rings. The number of carbonyl (C=O) groups is 1. The molecule has 1 aliphatic rings. The maximum atomic E-state index is 12.4. The SMILES string of the molecule is C=CCN(CC=C)C(=O)CN1CCC(CC)CC1CN. The average molecular weight is 279 g/mol. The quantitative estimate of drug-likeness (QED) is 0.687. The highest BCUT2D eigenvalue weighted by Crippen LogP contribution is 2.24. The lowest BCUT2D eigenvalue weighted by Crippen LogP contribution is -2.51. The Labute approximate surface area is 123 Å². The highest BCUT2D eigenvalue weighted by Gasteiger charge is 2.28. The summed E-state index contributed by atoms with van der Waals surface area (Å²) in [6.07, 6.45) is 7.00. The second-order valence-corrected chi connectivity index (χ2v) is 5.53. The van der Waals surface area contributed by atoms with Crippen LogP contribution in [0.25, 0.3) is 0 Å². The molecular formula is C16H29N3O. The van der Waals surface area contributed by atoms with Crippen LogP contribution < -0.4 is 5.73 Å². The van der Waals surface area contributed by atoms with Gasteiger partial charge in [0.2, 0.25) is 5.91 Å². The highest BCUT2D eigenvalue weighted by molar-refractivity contribution is 5.78. The summed E-state index contributed by atoms with van der Waals surface area (Å²) >= 11 is 0. The van der Waals surface area contributed by atoms with E-state index in [-0.39, 0.29) is 5.91 Å². The molecule has 0 aromatic rings. The molecule has 1 aliphatic heterocycles. The van der Waals surface area contributed by atoms with Crippen molar-refractivity contribution in [3.05, 3.63) is 25.3 Å². The van der Waals surface area contributed by atoms with E-state index in [2.05, 4.69) is 25.0 Å². The third-order valence-electron chi connectivity index (χ3n) is 4.19. The number of likely N-dealkylation sites (tertiary alicyclic amines) is 1. The second kappa shape index (κ2) is 8.93. The lowest BCUT2D eigenvalue weighted by Gasteiger charge is -2.39. The minimum absolute atomic E-state index is 0.137. The molecule has 2 unspecified atom stereocenters. The van der Waals surface area contributed by atoms with Crippen LogP contribution in [0.1, 0.15) is 26.2 Å². The van der Waals surface area contributed by atoms with Crippen LogP contribution in [0.5, 0.6) is 0 Å². The fraction of sp³-hybridized carbons (Fsp3) is 0.688. The van der Waals surface area contributed by atoms with E-state index in [1.165, 1.54) is 12.8 Å². The van der Waals surface area contributed by atoms with Gasteiger partial charge in [-0.25, -0.2) is 0 Å². The van der Waals surface area contributed by atoms with Gasteiger partial charge in [-0.1, -0.05) is 25.5 Å². The molecule has 0 aromatic carbocycles. The summed E-state index contributed by atoms with van der Waals surface area (Å²) in [4.78, 5) is 16.4. The fourth-order valence-electron chi connectivity index (χ4n) is 2.87. The van der Waals surface area contributed by atoms with E-state index in [4.69, 9.17) is 5.73 Å². The second-order valence-electron chi connectivity index (χ2n) is 5.53. The van der Waals surface area contributed by atoms with Crippen molar-refractivity contribution in [2.24, 2.45) is 11.7 Å². The van der Waals surface area contributed by atoms with Crippen LogP contribution in [0, 0.1) is 5.92 Å². The number of nitrogens with two attached hydrogens (primary N) is 1. The van der Waals surface area contributed by atoms with Gasteiger partial charge in [-0.15, -0.1) is 13.2 Å². The molecule has 0 bridgehead atoms. The maximum Gasteiger partial charge on any atom is 0.237 e. The highest BCUT2D eigenvalue weighted by atomic mass is 16.2. The molecule has 2 atom stereocenters. The van der Waals surface area contributed by atoms with E-state index >= 15 is 0 Å². The topological polar surface area (TPSA) is 49.6 Å². The number of hydrogen-bond donors (Lipinski definition) is 1. The van der Waals surface area contributed by atoms with Gasteiger partial charge in [0, 0.05) is 25.7 Å². The van der Waals surface area contributed by atoms with Crippen molar-refractivity contribution in [3.63, 3.8) is 0 Å². The molecule has 0 radical (unpaired) electrons. The average Bonchev–Trinajstić information content (AvgIpc) is 2.47. The van der Waals surface area contributed by atoms with E-state index in [1.807, 2.05) is 0 Å². The third-order valence-corrected chi connectivity index (χ3v) is 4.19. The molecule has 0 spiro atoms. The van der Waals surface area contributed by atoms with E-state index in [0.717, 1.165) is 18.9 Å². The predicted octanol–water partition coefficient (Wildman–Crippen LogP) is 1.64. The minimum Gasteiger partial charge on any atom is -0.334 e. The van der Waals surface area contributed by atoms with Gasteiger partial charge in [0.05, 0.1) is 6.54 Å². The smallest absolute Gasteiger partial charge is 0.237 e. The van der Waals surface area contributed by atoms with Crippen LogP contribution in [-0.4, -0.2) is 54.5 Å². The van der Waals surface area contributed by atoms with Crippen molar-refractivity contribution in [3.8, 4) is 0 Å². The number of piperidine rings is 1. The van der Waals surface area contributed by atoms with Crippen LogP contribution >= 0.6 is 0 Å². The Morgan fingerprint density at radius 1 is 1.40 bits per heavy atom. The van der Waals surface area contributed by atoms with Gasteiger partial charge in [0.25, 0.3) is 0 Å². The predicted molar refractivity (Wildman–Crippen MR) is 84.4 cm³/mol. The summed E-state index contributed by atoms with van der Waals surface area (Å²) in [6.45, 7) is 12.8. The van der Waals surface area contributed by atoms with Crippen LogP contribution in [0.4, 0.5) is 0 Å². The molecule has 1 rings (SSSR count). The van der Waals surface area contributed by atoms with Crippen molar-refractivity contribution in [2.75, 3.05) is 32.7 Å². The van der Waals surface area contributed by atoms with Gasteiger partial charge >= 0.3 is 0 Å². The largest absolute Gasteiger partial charge is 0.334 e. The van der Waals surface area contributed by atoms with Gasteiger partial charge in [0.15, 0.2) is 0 Å². The van der Waals surface area contributed by atoms with Gasteiger partial charge in [-0.2, -0.15) is 0 Å². The van der Waals surface area contributed by atoms with Gasteiger partial charge in [-0.3, -0.25) is 9.69 Å². The van der Waals surface area contributed by atoms with E-state index < -0.39 is 0 Å². The first-order valence-corrected chi connectivity index (χ1v) is 7.59. The molecular weight excluding hydrogens is 250 g/mol. The van der Waals surface area contributed by atoms with Crippen LogP contribution in [-0.2, 0) is 4.79 Å². The van der Waals surface area contributed by atoms with Crippen LogP contribution in [0.2, 0.25) is 0 Å². The summed E-state index contributed by atoms with van der Waals surface area (Å²) in [5.74, 6) is 0.894. The normalized spacial score (nSPS) is 23.3. The Bertz CT molecular complexity index is 320. The lowest BCUT2D eigenvalue weighted by molar-refractivity contribution is -0.132. The lowest BCUT2D eigenvalue weighted by atomic mass is 9.89. The third kappa shape index (κ3) is 4.76. The van der Waals surface area contributed by atoms with Crippen molar-refractivity contribution >= 4 is 5.91 Å². The standard InChI is InChI=1S/C16H29N3O/c1-4-8-18(9-5-2)16(20)13-19-10-7-14(6-3)11-15(19)12-17/h4-5,14-15H,1-2,6-13,17H2,3H3. The Hall–Kier alpha value is -1.13. The summed E-state index contributed by atoms with van der Waals surface area (Å²) in [5.41, 5.74) is 5.88. The number of carbonyl (C=O) groups excluding carboxylic acids is 1. The zero-order valence-electron chi connectivity index (χ0n) is 12.8. The molecule has 20 heavy (non-hydrogen) atoms. The first kappa shape index (κ1) is 16.9. The first-order valence-electron chi connectivity index (χ1n) is 7.59. The van der Waals surface area contributed by atoms with Gasteiger partial charge < -0.3 is 10.6 Å². The Balaban J connectivity index is 2.58. The summed E-state index contributed by atoms with van der Waals surface area (Å²) in [6, 6.07) is 0.340. The van der Waals surface area contributed by atoms with Gasteiger partial charge in [-0.05, 0) is 25.3 Å². The van der Waals surface area contributed by atoms with Crippen molar-refractivity contribution < 1.29 is 4.79 Å². The molecule has 2 N–H and O–H groups in total. The maximum absolute atomic E-state index is 12.4. The summed E-state index contributed by atoms with van der Waals surface area (Å²) < 4.78 is 0. The Morgan fingerprint density at radius 2 is 2.05 bits per heavy atom. The molecule has 0 aliphatic carbocycles. The van der Waals surface area contributed by atoms with Crippen molar-refractivity contribution in [1.82, 2.24) is 9.80 Å². The van der Waals surface area contributed by atoms with Crippen LogP contribution in [0.3, 0.4) is 0 Å². The molecule has 4 nitrogen and oxygen atoms in total. The van der Waals surface area contributed by atoms with Crippen LogP contribution in [0.15, 0.2) is 25.3 Å². The Kier molecular flexibility index (Phi) is 7.55. The molecule has 1 amide bonds. The van der Waals surface area contributed by atoms with Crippen molar-refractivity contribution in [2.45, 2.75) is 32.2 Å². The monoisotopic (exact) mass is 279 g/mol. The van der Waals surface area contributed by atoms with E-state index in [9.17, 15) is 4.79 Å². The zero-order valence-corrected chi connectivity index (χ0v) is 12.8. The number of amides is 1. The molecule has 1 saturated heterocycles. The van der Waals surface area contributed by atoms with Gasteiger partial charge in [0.1, 0.15) is 0 Å². The number of hydrogen-bond acceptors (Lipinski definition) is 3. The van der Waals surface area contributed by atoms with E-state index in [1.54, 1.807) is 17.1 Å². The minimum atomic E-state index is 0.137. The molecule has 4 heteroatoms. The molecule has 0 saturated carbocycles. The summed E-state index contributed by atoms with van der Waals surface area (Å²) in [5, 5.41) is 0.